The highest BCUT2D eigenvalue weighted by Gasteiger charge is 2.22. The number of fused-ring (bicyclic) bond motifs is 1. The summed E-state index contributed by atoms with van der Waals surface area (Å²) < 4.78 is 10.6. The minimum Gasteiger partial charge on any atom is -0.454 e. The SMILES string of the molecule is CSc1nc(N)c(C#N)c(-c2ccc3c(c2)OCO3)c1C#N. The molecule has 6 nitrogen and oxygen atoms in total. The summed E-state index contributed by atoms with van der Waals surface area (Å²) in [5, 5.41) is 19.4. The number of nitrogens with zero attached hydrogens (tertiary/aromatic N) is 3. The fourth-order valence-corrected chi connectivity index (χ4v) is 2.83. The minimum absolute atomic E-state index is 0.110. The summed E-state index contributed by atoms with van der Waals surface area (Å²) in [4.78, 5) is 4.13. The number of nitrogen functional groups attached to an aromatic ring is 1. The fraction of sp³-hybridized carbons (Fsp3) is 0.133. The van der Waals surface area contributed by atoms with Crippen molar-refractivity contribution in [2.75, 3.05) is 18.8 Å². The van der Waals surface area contributed by atoms with Crippen molar-refractivity contribution in [1.29, 1.82) is 10.5 Å². The van der Waals surface area contributed by atoms with Crippen molar-refractivity contribution >= 4 is 17.6 Å². The van der Waals surface area contributed by atoms with Crippen LogP contribution in [0.3, 0.4) is 0 Å². The second-order valence-corrected chi connectivity index (χ2v) is 5.22. The normalized spacial score (nSPS) is 11.8. The van der Waals surface area contributed by atoms with Crippen LogP contribution >= 0.6 is 11.8 Å². The highest BCUT2D eigenvalue weighted by molar-refractivity contribution is 7.98. The lowest BCUT2D eigenvalue weighted by molar-refractivity contribution is 0.174. The largest absolute Gasteiger partial charge is 0.454 e. The Bertz CT molecular complexity index is 852. The van der Waals surface area contributed by atoms with Crippen LogP contribution in [-0.4, -0.2) is 18.0 Å². The fourth-order valence-electron chi connectivity index (χ4n) is 2.29. The number of ether oxygens (including phenoxy) is 2. The number of nitrogens with two attached hydrogens (primary N) is 1. The van der Waals surface area contributed by atoms with E-state index in [2.05, 4.69) is 11.1 Å². The Morgan fingerprint density at radius 2 is 1.91 bits per heavy atom. The number of rotatable bonds is 2. The molecule has 0 amide bonds. The van der Waals surface area contributed by atoms with E-state index in [4.69, 9.17) is 15.2 Å². The molecule has 0 atom stereocenters. The topological polar surface area (TPSA) is 105 Å². The number of anilines is 1. The Hall–Kier alpha value is -2.90. The van der Waals surface area contributed by atoms with Gasteiger partial charge in [-0.05, 0) is 24.0 Å². The van der Waals surface area contributed by atoms with Gasteiger partial charge in [0.15, 0.2) is 11.5 Å². The van der Waals surface area contributed by atoms with Crippen LogP contribution in [0.15, 0.2) is 23.2 Å². The number of nitriles is 2. The summed E-state index contributed by atoms with van der Waals surface area (Å²) in [5.41, 5.74) is 7.53. The Morgan fingerprint density at radius 3 is 2.59 bits per heavy atom. The van der Waals surface area contributed by atoms with Gasteiger partial charge in [-0.2, -0.15) is 10.5 Å². The molecule has 7 heteroatoms. The third-order valence-corrected chi connectivity index (χ3v) is 3.95. The maximum Gasteiger partial charge on any atom is 0.231 e. The average Bonchev–Trinajstić information content (AvgIpc) is 3.01. The van der Waals surface area contributed by atoms with Gasteiger partial charge in [0.1, 0.15) is 28.5 Å². The van der Waals surface area contributed by atoms with Crippen molar-refractivity contribution in [2.45, 2.75) is 5.03 Å². The number of hydrogen-bond donors (Lipinski definition) is 1. The summed E-state index contributed by atoms with van der Waals surface area (Å²) in [6.45, 7) is 0.156. The van der Waals surface area contributed by atoms with Gasteiger partial charge in [0, 0.05) is 5.56 Å². The second-order valence-electron chi connectivity index (χ2n) is 4.42. The molecule has 1 aliphatic heterocycles. The lowest BCUT2D eigenvalue weighted by Gasteiger charge is -2.12. The van der Waals surface area contributed by atoms with Gasteiger partial charge >= 0.3 is 0 Å². The van der Waals surface area contributed by atoms with Gasteiger partial charge in [-0.1, -0.05) is 6.07 Å². The van der Waals surface area contributed by atoms with Crippen molar-refractivity contribution in [3.63, 3.8) is 0 Å². The first kappa shape index (κ1) is 14.1. The van der Waals surface area contributed by atoms with Gasteiger partial charge in [0.2, 0.25) is 6.79 Å². The van der Waals surface area contributed by atoms with Crippen LogP contribution in [0.25, 0.3) is 11.1 Å². The van der Waals surface area contributed by atoms with Crippen LogP contribution in [0.5, 0.6) is 11.5 Å². The van der Waals surface area contributed by atoms with Crippen molar-refractivity contribution in [3.8, 4) is 34.8 Å². The Balaban J connectivity index is 2.32. The van der Waals surface area contributed by atoms with Crippen LogP contribution in [-0.2, 0) is 0 Å². The first-order chi connectivity index (χ1) is 10.7. The zero-order valence-electron chi connectivity index (χ0n) is 11.6. The number of aromatic nitrogens is 1. The summed E-state index contributed by atoms with van der Waals surface area (Å²) >= 11 is 1.31. The zero-order valence-corrected chi connectivity index (χ0v) is 12.4. The Morgan fingerprint density at radius 1 is 1.18 bits per heavy atom. The molecule has 3 rings (SSSR count). The molecule has 0 bridgehead atoms. The molecule has 0 unspecified atom stereocenters. The highest BCUT2D eigenvalue weighted by Crippen LogP contribution is 2.40. The molecule has 108 valence electrons. The van der Waals surface area contributed by atoms with E-state index in [-0.39, 0.29) is 18.2 Å². The monoisotopic (exact) mass is 310 g/mol. The van der Waals surface area contributed by atoms with E-state index in [0.29, 0.717) is 33.2 Å². The summed E-state index contributed by atoms with van der Waals surface area (Å²) in [5.74, 6) is 1.32. The predicted octanol–water partition coefficient (Wildman–Crippen LogP) is 2.52. The quantitative estimate of drug-likeness (QED) is 0.849. The summed E-state index contributed by atoms with van der Waals surface area (Å²) in [6, 6.07) is 9.41. The molecule has 0 saturated carbocycles. The van der Waals surface area contributed by atoms with E-state index >= 15 is 0 Å². The Kier molecular flexibility index (Phi) is 3.50. The first-order valence-electron chi connectivity index (χ1n) is 6.27. The van der Waals surface area contributed by atoms with E-state index in [0.717, 1.165) is 0 Å². The molecular formula is C15H10N4O2S. The van der Waals surface area contributed by atoms with Gasteiger partial charge in [-0.25, -0.2) is 4.98 Å². The lowest BCUT2D eigenvalue weighted by Crippen LogP contribution is -2.03. The Labute approximate surface area is 131 Å². The second kappa shape index (κ2) is 5.47. The van der Waals surface area contributed by atoms with Crippen molar-refractivity contribution in [1.82, 2.24) is 4.98 Å². The van der Waals surface area contributed by atoms with Crippen molar-refractivity contribution in [3.05, 3.63) is 29.3 Å². The molecule has 2 N–H and O–H groups in total. The van der Waals surface area contributed by atoms with Gasteiger partial charge in [0.25, 0.3) is 0 Å². The van der Waals surface area contributed by atoms with E-state index in [9.17, 15) is 10.5 Å². The molecule has 0 aliphatic carbocycles. The van der Waals surface area contributed by atoms with E-state index in [1.54, 1.807) is 24.5 Å². The van der Waals surface area contributed by atoms with E-state index < -0.39 is 0 Å². The van der Waals surface area contributed by atoms with Crippen LogP contribution in [0.2, 0.25) is 0 Å². The van der Waals surface area contributed by atoms with E-state index in [1.165, 1.54) is 11.8 Å². The third kappa shape index (κ3) is 2.09. The summed E-state index contributed by atoms with van der Waals surface area (Å²) in [7, 11) is 0. The van der Waals surface area contributed by atoms with Crippen LogP contribution < -0.4 is 15.2 Å². The molecule has 0 fully saturated rings. The van der Waals surface area contributed by atoms with Crippen LogP contribution in [0.4, 0.5) is 5.82 Å². The van der Waals surface area contributed by atoms with E-state index in [1.807, 2.05) is 6.07 Å². The molecule has 0 radical (unpaired) electrons. The van der Waals surface area contributed by atoms with Crippen LogP contribution in [0, 0.1) is 22.7 Å². The zero-order chi connectivity index (χ0) is 15.7. The summed E-state index contributed by atoms with van der Waals surface area (Å²) in [6.07, 6.45) is 1.80. The molecule has 0 saturated heterocycles. The molecule has 0 spiro atoms. The lowest BCUT2D eigenvalue weighted by atomic mass is 9.96. The van der Waals surface area contributed by atoms with Gasteiger partial charge < -0.3 is 15.2 Å². The minimum atomic E-state index is 0.110. The molecule has 2 heterocycles. The smallest absolute Gasteiger partial charge is 0.231 e. The third-order valence-electron chi connectivity index (χ3n) is 3.27. The number of benzene rings is 1. The maximum absolute atomic E-state index is 9.49. The highest BCUT2D eigenvalue weighted by atomic mass is 32.2. The molecule has 2 aromatic rings. The predicted molar refractivity (Wildman–Crippen MR) is 81.4 cm³/mol. The van der Waals surface area contributed by atoms with Crippen molar-refractivity contribution < 1.29 is 9.47 Å². The molecule has 1 aromatic heterocycles. The number of hydrogen-bond acceptors (Lipinski definition) is 7. The van der Waals surface area contributed by atoms with Gasteiger partial charge in [-0.15, -0.1) is 11.8 Å². The van der Waals surface area contributed by atoms with Crippen molar-refractivity contribution in [2.24, 2.45) is 0 Å². The standard InChI is InChI=1S/C15H10N4O2S/c1-22-15-10(6-17)13(9(5-16)14(18)19-15)8-2-3-11-12(4-8)21-7-20-11/h2-4H,7H2,1H3,(H2,18,19). The molecule has 1 aromatic carbocycles. The number of pyridine rings is 1. The van der Waals surface area contributed by atoms with Gasteiger partial charge in [-0.3, -0.25) is 0 Å². The molecule has 22 heavy (non-hydrogen) atoms. The number of thioether (sulfide) groups is 1. The van der Waals surface area contributed by atoms with Crippen LogP contribution in [0.1, 0.15) is 11.1 Å². The maximum atomic E-state index is 9.49. The first-order valence-corrected chi connectivity index (χ1v) is 7.49. The molecular weight excluding hydrogens is 300 g/mol. The van der Waals surface area contributed by atoms with Gasteiger partial charge in [0.05, 0.1) is 5.56 Å². The molecule has 1 aliphatic rings. The average molecular weight is 310 g/mol.